The van der Waals surface area contributed by atoms with Crippen molar-refractivity contribution in [3.8, 4) is 0 Å². The Morgan fingerprint density at radius 3 is 2.68 bits per heavy atom. The summed E-state index contributed by atoms with van der Waals surface area (Å²) in [6.07, 6.45) is 5.01. The molecule has 1 aliphatic heterocycles. The molecule has 1 saturated heterocycles. The van der Waals surface area contributed by atoms with E-state index in [1.807, 2.05) is 18.3 Å². The fourth-order valence-electron chi connectivity index (χ4n) is 2.37. The van der Waals surface area contributed by atoms with Crippen molar-refractivity contribution in [3.63, 3.8) is 0 Å². The van der Waals surface area contributed by atoms with Gasteiger partial charge in [-0.2, -0.15) is 0 Å². The molecular weight excluding hydrogens is 242 g/mol. The number of anilines is 2. The first-order valence-corrected chi connectivity index (χ1v) is 6.92. The molecule has 19 heavy (non-hydrogen) atoms. The van der Waals surface area contributed by atoms with E-state index in [0.29, 0.717) is 5.82 Å². The Hall–Kier alpha value is -1.62. The fourth-order valence-corrected chi connectivity index (χ4v) is 2.37. The van der Waals surface area contributed by atoms with Gasteiger partial charge in [-0.15, -0.1) is 0 Å². The van der Waals surface area contributed by atoms with E-state index in [4.69, 9.17) is 4.74 Å². The van der Waals surface area contributed by atoms with Gasteiger partial charge in [0.15, 0.2) is 0 Å². The fraction of sp³-hybridized carbons (Fsp3) is 0.571. The third-order valence-electron chi connectivity index (χ3n) is 3.85. The van der Waals surface area contributed by atoms with Gasteiger partial charge in [-0.05, 0) is 25.0 Å². The van der Waals surface area contributed by atoms with Crippen molar-refractivity contribution >= 4 is 17.4 Å². The molecule has 0 radical (unpaired) electrons. The molecule has 102 valence electrons. The van der Waals surface area contributed by atoms with Gasteiger partial charge in [0.1, 0.15) is 5.82 Å². The van der Waals surface area contributed by atoms with E-state index < -0.39 is 0 Å². The van der Waals surface area contributed by atoms with Gasteiger partial charge in [-0.1, -0.05) is 6.42 Å². The standard InChI is InChI=1S/C14H19N3O2/c18-14(11-2-1-3-11)16-13-5-4-12(10-15-13)17-6-8-19-9-7-17/h4-5,10-11H,1-3,6-9H2,(H,15,16,18). The minimum atomic E-state index is 0.109. The molecule has 1 amide bonds. The Balaban J connectivity index is 1.59. The second-order valence-electron chi connectivity index (χ2n) is 5.12. The molecule has 0 aromatic carbocycles. The SMILES string of the molecule is O=C(Nc1ccc(N2CCOCC2)cn1)C1CCC1. The van der Waals surface area contributed by atoms with Crippen LogP contribution >= 0.6 is 0 Å². The maximum Gasteiger partial charge on any atom is 0.228 e. The lowest BCUT2D eigenvalue weighted by Gasteiger charge is -2.28. The molecule has 3 rings (SSSR count). The predicted octanol–water partition coefficient (Wildman–Crippen LogP) is 1.66. The summed E-state index contributed by atoms with van der Waals surface area (Å²) in [6, 6.07) is 3.88. The van der Waals surface area contributed by atoms with Crippen molar-refractivity contribution in [2.75, 3.05) is 36.5 Å². The third kappa shape index (κ3) is 2.87. The van der Waals surface area contributed by atoms with Gasteiger partial charge in [0.2, 0.25) is 5.91 Å². The van der Waals surface area contributed by atoms with Gasteiger partial charge < -0.3 is 15.0 Å². The van der Waals surface area contributed by atoms with Crippen LogP contribution < -0.4 is 10.2 Å². The summed E-state index contributed by atoms with van der Waals surface area (Å²) in [4.78, 5) is 18.4. The number of nitrogens with zero attached hydrogens (tertiary/aromatic N) is 2. The smallest absolute Gasteiger partial charge is 0.228 e. The number of aromatic nitrogens is 1. The predicted molar refractivity (Wildman–Crippen MR) is 73.2 cm³/mol. The summed E-state index contributed by atoms with van der Waals surface area (Å²) in [5.41, 5.74) is 1.09. The summed E-state index contributed by atoms with van der Waals surface area (Å²) in [7, 11) is 0. The molecule has 1 aliphatic carbocycles. The van der Waals surface area contributed by atoms with Gasteiger partial charge in [-0.3, -0.25) is 4.79 Å². The number of pyridine rings is 1. The number of hydrogen-bond acceptors (Lipinski definition) is 4. The van der Waals surface area contributed by atoms with Crippen molar-refractivity contribution in [3.05, 3.63) is 18.3 Å². The molecule has 1 N–H and O–H groups in total. The summed E-state index contributed by atoms with van der Waals surface area (Å²) in [5, 5.41) is 2.88. The van der Waals surface area contributed by atoms with Gasteiger partial charge in [0.25, 0.3) is 0 Å². The van der Waals surface area contributed by atoms with Crippen molar-refractivity contribution in [1.82, 2.24) is 4.98 Å². The van der Waals surface area contributed by atoms with Crippen LogP contribution in [0.15, 0.2) is 18.3 Å². The zero-order valence-corrected chi connectivity index (χ0v) is 11.0. The van der Waals surface area contributed by atoms with E-state index in [-0.39, 0.29) is 11.8 Å². The lowest BCUT2D eigenvalue weighted by atomic mass is 9.85. The van der Waals surface area contributed by atoms with Crippen LogP contribution in [0.2, 0.25) is 0 Å². The number of nitrogens with one attached hydrogen (secondary N) is 1. The minimum absolute atomic E-state index is 0.109. The second kappa shape index (κ2) is 5.57. The van der Waals surface area contributed by atoms with Crippen LogP contribution in [0.4, 0.5) is 11.5 Å². The molecule has 2 fully saturated rings. The van der Waals surface area contributed by atoms with Crippen LogP contribution in [0.25, 0.3) is 0 Å². The van der Waals surface area contributed by atoms with E-state index in [0.717, 1.165) is 44.8 Å². The van der Waals surface area contributed by atoms with E-state index in [9.17, 15) is 4.79 Å². The van der Waals surface area contributed by atoms with Gasteiger partial charge in [0, 0.05) is 19.0 Å². The molecule has 2 heterocycles. The summed E-state index contributed by atoms with van der Waals surface area (Å²) in [6.45, 7) is 3.32. The molecule has 1 saturated carbocycles. The van der Waals surface area contributed by atoms with Crippen molar-refractivity contribution in [1.29, 1.82) is 0 Å². The van der Waals surface area contributed by atoms with E-state index in [1.54, 1.807) is 0 Å². The first kappa shape index (κ1) is 12.4. The molecular formula is C14H19N3O2. The molecule has 2 aliphatic rings. The van der Waals surface area contributed by atoms with Gasteiger partial charge >= 0.3 is 0 Å². The van der Waals surface area contributed by atoms with Crippen molar-refractivity contribution in [2.24, 2.45) is 5.92 Å². The van der Waals surface area contributed by atoms with Crippen LogP contribution in [0.5, 0.6) is 0 Å². The lowest BCUT2D eigenvalue weighted by Crippen LogP contribution is -2.36. The van der Waals surface area contributed by atoms with Crippen LogP contribution in [-0.2, 0) is 9.53 Å². The number of carbonyl (C=O) groups excluding carboxylic acids is 1. The minimum Gasteiger partial charge on any atom is -0.378 e. The van der Waals surface area contributed by atoms with Crippen LogP contribution in [0, 0.1) is 5.92 Å². The highest BCUT2D eigenvalue weighted by molar-refractivity contribution is 5.92. The average molecular weight is 261 g/mol. The number of rotatable bonds is 3. The maximum absolute atomic E-state index is 11.8. The topological polar surface area (TPSA) is 54.5 Å². The highest BCUT2D eigenvalue weighted by Crippen LogP contribution is 2.27. The van der Waals surface area contributed by atoms with Crippen LogP contribution in [0.3, 0.4) is 0 Å². The van der Waals surface area contributed by atoms with E-state index in [2.05, 4.69) is 15.2 Å². The maximum atomic E-state index is 11.8. The van der Waals surface area contributed by atoms with Crippen LogP contribution in [0.1, 0.15) is 19.3 Å². The highest BCUT2D eigenvalue weighted by Gasteiger charge is 2.25. The molecule has 0 bridgehead atoms. The largest absolute Gasteiger partial charge is 0.378 e. The molecule has 0 unspecified atom stereocenters. The Bertz CT molecular complexity index is 437. The zero-order valence-electron chi connectivity index (χ0n) is 11.0. The molecule has 1 aromatic heterocycles. The first-order valence-electron chi connectivity index (χ1n) is 6.92. The number of carbonyl (C=O) groups is 1. The lowest BCUT2D eigenvalue weighted by molar-refractivity contribution is -0.122. The number of morpholine rings is 1. The Morgan fingerprint density at radius 2 is 2.11 bits per heavy atom. The normalized spacial score (nSPS) is 19.9. The number of ether oxygens (including phenoxy) is 1. The molecule has 5 nitrogen and oxygen atoms in total. The summed E-state index contributed by atoms with van der Waals surface area (Å²) >= 11 is 0. The average Bonchev–Trinajstić information content (AvgIpc) is 2.38. The summed E-state index contributed by atoms with van der Waals surface area (Å²) < 4.78 is 5.32. The van der Waals surface area contributed by atoms with Crippen LogP contribution in [-0.4, -0.2) is 37.2 Å². The Labute approximate surface area is 113 Å². The number of amides is 1. The Morgan fingerprint density at radius 1 is 1.32 bits per heavy atom. The van der Waals surface area contributed by atoms with E-state index in [1.165, 1.54) is 6.42 Å². The van der Waals surface area contributed by atoms with Gasteiger partial charge in [-0.25, -0.2) is 4.98 Å². The monoisotopic (exact) mass is 261 g/mol. The zero-order chi connectivity index (χ0) is 13.1. The molecule has 0 atom stereocenters. The van der Waals surface area contributed by atoms with Gasteiger partial charge in [0.05, 0.1) is 25.1 Å². The summed E-state index contributed by atoms with van der Waals surface area (Å²) in [5.74, 6) is 0.951. The van der Waals surface area contributed by atoms with Crippen molar-refractivity contribution < 1.29 is 9.53 Å². The first-order chi connectivity index (χ1) is 9.33. The molecule has 5 heteroatoms. The second-order valence-corrected chi connectivity index (χ2v) is 5.12. The molecule has 0 spiro atoms. The Kier molecular flexibility index (Phi) is 3.64. The quantitative estimate of drug-likeness (QED) is 0.899. The van der Waals surface area contributed by atoms with E-state index >= 15 is 0 Å². The third-order valence-corrected chi connectivity index (χ3v) is 3.85. The highest BCUT2D eigenvalue weighted by atomic mass is 16.5. The number of hydrogen-bond donors (Lipinski definition) is 1. The molecule has 1 aromatic rings. The van der Waals surface area contributed by atoms with Crippen molar-refractivity contribution in [2.45, 2.75) is 19.3 Å².